The highest BCUT2D eigenvalue weighted by molar-refractivity contribution is 6.00. The van der Waals surface area contributed by atoms with Gasteiger partial charge in [-0.25, -0.2) is 4.98 Å². The molecule has 0 aliphatic rings. The van der Waals surface area contributed by atoms with Crippen molar-refractivity contribution in [2.75, 3.05) is 5.32 Å². The minimum atomic E-state index is -0.103. The second-order valence-corrected chi connectivity index (χ2v) is 5.76. The molecule has 4 aromatic rings. The van der Waals surface area contributed by atoms with E-state index in [0.717, 1.165) is 33.5 Å². The highest BCUT2D eigenvalue weighted by Crippen LogP contribution is 2.21. The molecule has 0 atom stereocenters. The number of anilines is 1. The van der Waals surface area contributed by atoms with E-state index in [1.807, 2.05) is 66.2 Å². The molecule has 0 aliphatic heterocycles. The summed E-state index contributed by atoms with van der Waals surface area (Å²) >= 11 is 0. The van der Waals surface area contributed by atoms with Crippen molar-refractivity contribution in [1.29, 1.82) is 0 Å². The first-order valence-corrected chi connectivity index (χ1v) is 7.77. The summed E-state index contributed by atoms with van der Waals surface area (Å²) in [6, 6.07) is 13.6. The lowest BCUT2D eigenvalue weighted by molar-refractivity contribution is -0.115. The number of hydrogen-bond acceptors (Lipinski definition) is 3. The van der Waals surface area contributed by atoms with Gasteiger partial charge in [-0.2, -0.15) is 0 Å². The van der Waals surface area contributed by atoms with Crippen LogP contribution in [0.15, 0.2) is 61.1 Å². The van der Waals surface area contributed by atoms with Crippen molar-refractivity contribution in [3.63, 3.8) is 0 Å². The molecule has 1 amide bonds. The largest absolute Gasteiger partial charge is 0.324 e. The molecule has 0 radical (unpaired) electrons. The Bertz CT molecular complexity index is 1050. The lowest BCUT2D eigenvalue weighted by atomic mass is 10.2. The summed E-state index contributed by atoms with van der Waals surface area (Å²) in [7, 11) is 0. The Morgan fingerprint density at radius 1 is 1.17 bits per heavy atom. The molecular weight excluding hydrogens is 300 g/mol. The Kier molecular flexibility index (Phi) is 3.46. The molecule has 0 fully saturated rings. The number of carbonyl (C=O) groups excluding carboxylic acids is 1. The first kappa shape index (κ1) is 14.4. The number of aryl methyl sites for hydroxylation is 1. The molecule has 4 rings (SSSR count). The Labute approximate surface area is 139 Å². The van der Waals surface area contributed by atoms with Gasteiger partial charge in [0, 0.05) is 24.0 Å². The van der Waals surface area contributed by atoms with Crippen LogP contribution in [0.2, 0.25) is 0 Å². The van der Waals surface area contributed by atoms with Crippen LogP contribution < -0.4 is 5.32 Å². The van der Waals surface area contributed by atoms with Gasteiger partial charge in [0.25, 0.3) is 0 Å². The molecule has 0 saturated heterocycles. The van der Waals surface area contributed by atoms with E-state index in [2.05, 4.69) is 15.3 Å². The van der Waals surface area contributed by atoms with E-state index < -0.39 is 0 Å². The molecule has 0 spiro atoms. The predicted octanol–water partition coefficient (Wildman–Crippen LogP) is 3.37. The van der Waals surface area contributed by atoms with Gasteiger partial charge < -0.3 is 9.72 Å². The fraction of sp³-hybridized carbons (Fsp3) is 0.105. The Balaban J connectivity index is 1.58. The molecule has 0 saturated carbocycles. The van der Waals surface area contributed by atoms with Crippen LogP contribution in [-0.4, -0.2) is 20.3 Å². The molecule has 0 aliphatic carbocycles. The lowest BCUT2D eigenvalue weighted by Crippen LogP contribution is -2.15. The first-order chi connectivity index (χ1) is 11.7. The van der Waals surface area contributed by atoms with Crippen LogP contribution in [0.5, 0.6) is 0 Å². The van der Waals surface area contributed by atoms with Crippen LogP contribution in [0.1, 0.15) is 11.3 Å². The maximum Gasteiger partial charge on any atom is 0.230 e. The number of nitrogens with zero attached hydrogens (tertiary/aromatic N) is 3. The zero-order chi connectivity index (χ0) is 16.5. The molecule has 1 aromatic carbocycles. The Morgan fingerprint density at radius 2 is 2.04 bits per heavy atom. The van der Waals surface area contributed by atoms with E-state index in [0.29, 0.717) is 0 Å². The first-order valence-electron chi connectivity index (χ1n) is 7.77. The zero-order valence-corrected chi connectivity index (χ0v) is 13.2. The van der Waals surface area contributed by atoms with Gasteiger partial charge in [0.05, 0.1) is 23.3 Å². The number of benzene rings is 1. The number of fused-ring (bicyclic) bond motifs is 2. The van der Waals surface area contributed by atoms with Crippen molar-refractivity contribution >= 4 is 28.1 Å². The van der Waals surface area contributed by atoms with Crippen LogP contribution in [0.25, 0.3) is 16.6 Å². The molecular formula is C19H16N4O. The number of pyridine rings is 2. The molecule has 118 valence electrons. The van der Waals surface area contributed by atoms with Crippen molar-refractivity contribution in [3.8, 4) is 0 Å². The monoisotopic (exact) mass is 316 g/mol. The average Bonchev–Trinajstić information content (AvgIpc) is 2.99. The molecule has 24 heavy (non-hydrogen) atoms. The summed E-state index contributed by atoms with van der Waals surface area (Å²) in [6.07, 6.45) is 5.78. The molecule has 1 N–H and O–H groups in total. The number of imidazole rings is 1. The van der Waals surface area contributed by atoms with Gasteiger partial charge in [-0.1, -0.05) is 24.3 Å². The smallest absolute Gasteiger partial charge is 0.230 e. The van der Waals surface area contributed by atoms with E-state index in [-0.39, 0.29) is 12.3 Å². The lowest BCUT2D eigenvalue weighted by Gasteiger charge is -2.07. The van der Waals surface area contributed by atoms with E-state index in [1.54, 1.807) is 6.20 Å². The fourth-order valence-electron chi connectivity index (χ4n) is 2.85. The number of nitrogens with one attached hydrogen (secondary N) is 1. The number of para-hydroxylation sites is 1. The van der Waals surface area contributed by atoms with Crippen molar-refractivity contribution < 1.29 is 4.79 Å². The van der Waals surface area contributed by atoms with Gasteiger partial charge in [0.15, 0.2) is 0 Å². The van der Waals surface area contributed by atoms with Crippen LogP contribution in [0, 0.1) is 6.92 Å². The van der Waals surface area contributed by atoms with Gasteiger partial charge in [-0.15, -0.1) is 0 Å². The van der Waals surface area contributed by atoms with Crippen LogP contribution in [0.3, 0.4) is 0 Å². The van der Waals surface area contributed by atoms with Crippen LogP contribution in [0.4, 0.5) is 5.69 Å². The molecule has 0 bridgehead atoms. The third kappa shape index (κ3) is 2.60. The van der Waals surface area contributed by atoms with Crippen LogP contribution >= 0.6 is 0 Å². The summed E-state index contributed by atoms with van der Waals surface area (Å²) in [5, 5.41) is 3.94. The standard InChI is InChI=1S/C19H16N4O/c1-13-5-4-10-23-12-15(21-19(13)23)11-17(24)22-16-8-2-6-14-7-3-9-20-18(14)16/h2-10,12H,11H2,1H3,(H,22,24). The topological polar surface area (TPSA) is 59.3 Å². The summed E-state index contributed by atoms with van der Waals surface area (Å²) in [5.74, 6) is -0.103. The van der Waals surface area contributed by atoms with Gasteiger partial charge in [-0.3, -0.25) is 9.78 Å². The van der Waals surface area contributed by atoms with E-state index in [1.165, 1.54) is 0 Å². The molecule has 5 heteroatoms. The highest BCUT2D eigenvalue weighted by Gasteiger charge is 2.11. The average molecular weight is 316 g/mol. The quantitative estimate of drug-likeness (QED) is 0.630. The number of rotatable bonds is 3. The van der Waals surface area contributed by atoms with Gasteiger partial charge in [-0.05, 0) is 30.7 Å². The third-order valence-electron chi connectivity index (χ3n) is 3.98. The minimum Gasteiger partial charge on any atom is -0.324 e. The van der Waals surface area contributed by atoms with E-state index in [9.17, 15) is 4.79 Å². The fourth-order valence-corrected chi connectivity index (χ4v) is 2.85. The Hall–Kier alpha value is -3.21. The number of carbonyl (C=O) groups is 1. The maximum absolute atomic E-state index is 12.4. The van der Waals surface area contributed by atoms with Gasteiger partial charge >= 0.3 is 0 Å². The summed E-state index contributed by atoms with van der Waals surface area (Å²) in [4.78, 5) is 21.3. The van der Waals surface area contributed by atoms with Gasteiger partial charge in [0.2, 0.25) is 5.91 Å². The van der Waals surface area contributed by atoms with Crippen LogP contribution in [-0.2, 0) is 11.2 Å². The number of aromatic nitrogens is 3. The third-order valence-corrected chi connectivity index (χ3v) is 3.98. The highest BCUT2D eigenvalue weighted by atomic mass is 16.1. The zero-order valence-electron chi connectivity index (χ0n) is 13.2. The van der Waals surface area contributed by atoms with E-state index in [4.69, 9.17) is 0 Å². The molecule has 3 heterocycles. The molecule has 3 aromatic heterocycles. The van der Waals surface area contributed by atoms with E-state index >= 15 is 0 Å². The number of amides is 1. The number of hydrogen-bond donors (Lipinski definition) is 1. The normalized spacial score (nSPS) is 11.0. The molecule has 5 nitrogen and oxygen atoms in total. The van der Waals surface area contributed by atoms with Crippen molar-refractivity contribution in [1.82, 2.24) is 14.4 Å². The second kappa shape index (κ2) is 5.77. The van der Waals surface area contributed by atoms with Crippen molar-refractivity contribution in [3.05, 3.63) is 72.3 Å². The summed E-state index contributed by atoms with van der Waals surface area (Å²) in [6.45, 7) is 2.01. The molecule has 0 unspecified atom stereocenters. The second-order valence-electron chi connectivity index (χ2n) is 5.76. The predicted molar refractivity (Wildman–Crippen MR) is 94.0 cm³/mol. The minimum absolute atomic E-state index is 0.103. The van der Waals surface area contributed by atoms with Gasteiger partial charge in [0.1, 0.15) is 5.65 Å². The SMILES string of the molecule is Cc1cccn2cc(CC(=O)Nc3cccc4cccnc34)nc12. The summed E-state index contributed by atoms with van der Waals surface area (Å²) in [5.41, 5.74) is 4.22. The summed E-state index contributed by atoms with van der Waals surface area (Å²) < 4.78 is 1.94. The maximum atomic E-state index is 12.4. The Morgan fingerprint density at radius 3 is 2.92 bits per heavy atom. The van der Waals surface area contributed by atoms with Crippen molar-refractivity contribution in [2.45, 2.75) is 13.3 Å². The van der Waals surface area contributed by atoms with Crippen molar-refractivity contribution in [2.24, 2.45) is 0 Å².